The number of carboxylic acid groups (broad SMARTS) is 1. The second-order valence-electron chi connectivity index (χ2n) is 4.43. The molecule has 1 rings (SSSR count). The fourth-order valence-electron chi connectivity index (χ4n) is 1.67. The van der Waals surface area contributed by atoms with Crippen LogP contribution < -0.4 is 10.9 Å². The van der Waals surface area contributed by atoms with Crippen LogP contribution in [0.4, 0.5) is 0 Å². The highest BCUT2D eigenvalue weighted by atomic mass is 32.2. The normalized spacial score (nSPS) is 11.9. The summed E-state index contributed by atoms with van der Waals surface area (Å²) in [7, 11) is 0. The molecule has 0 saturated carbocycles. The van der Waals surface area contributed by atoms with E-state index in [0.29, 0.717) is 25.1 Å². The van der Waals surface area contributed by atoms with Gasteiger partial charge >= 0.3 is 5.97 Å². The van der Waals surface area contributed by atoms with Crippen molar-refractivity contribution >= 4 is 23.6 Å². The van der Waals surface area contributed by atoms with Crippen LogP contribution in [-0.4, -0.2) is 44.8 Å². The molecule has 0 spiro atoms. The SMILES string of the molecule is CCCn1nc(C(=O)N[C@H](CCSC)C(=O)O)ccc1=O. The number of rotatable bonds is 8. The van der Waals surface area contributed by atoms with Crippen LogP contribution in [0.25, 0.3) is 0 Å². The Morgan fingerprint density at radius 3 is 2.76 bits per heavy atom. The molecule has 0 aliphatic rings. The zero-order valence-electron chi connectivity index (χ0n) is 12.0. The molecule has 1 aromatic heterocycles. The Hall–Kier alpha value is -1.83. The highest BCUT2D eigenvalue weighted by Crippen LogP contribution is 2.02. The van der Waals surface area contributed by atoms with Gasteiger partial charge in [-0.05, 0) is 30.9 Å². The van der Waals surface area contributed by atoms with Crippen LogP contribution >= 0.6 is 11.8 Å². The average molecular weight is 313 g/mol. The van der Waals surface area contributed by atoms with E-state index in [1.165, 1.54) is 28.6 Å². The number of nitrogens with one attached hydrogen (secondary N) is 1. The average Bonchev–Trinajstić information content (AvgIpc) is 2.45. The number of nitrogens with zero attached hydrogens (tertiary/aromatic N) is 2. The van der Waals surface area contributed by atoms with E-state index in [9.17, 15) is 14.4 Å². The topological polar surface area (TPSA) is 101 Å². The van der Waals surface area contributed by atoms with Gasteiger partial charge < -0.3 is 10.4 Å². The molecular weight excluding hydrogens is 294 g/mol. The molecule has 0 fully saturated rings. The minimum atomic E-state index is -1.08. The smallest absolute Gasteiger partial charge is 0.326 e. The molecule has 7 nitrogen and oxygen atoms in total. The van der Waals surface area contributed by atoms with Gasteiger partial charge in [0.1, 0.15) is 11.7 Å². The third kappa shape index (κ3) is 5.22. The monoisotopic (exact) mass is 313 g/mol. The quantitative estimate of drug-likeness (QED) is 0.728. The summed E-state index contributed by atoms with van der Waals surface area (Å²) in [6.07, 6.45) is 2.91. The Bertz CT molecular complexity index is 559. The van der Waals surface area contributed by atoms with Gasteiger partial charge in [-0.2, -0.15) is 16.9 Å². The fraction of sp³-hybridized carbons (Fsp3) is 0.538. The van der Waals surface area contributed by atoms with Crippen molar-refractivity contribution < 1.29 is 14.7 Å². The molecule has 1 amide bonds. The lowest BCUT2D eigenvalue weighted by atomic mass is 10.2. The van der Waals surface area contributed by atoms with Gasteiger partial charge in [0, 0.05) is 12.6 Å². The number of aryl methyl sites for hydroxylation is 1. The van der Waals surface area contributed by atoms with Gasteiger partial charge in [0.15, 0.2) is 0 Å². The number of carboxylic acids is 1. The number of carbonyl (C=O) groups is 2. The Kier molecular flexibility index (Phi) is 6.93. The Balaban J connectivity index is 2.84. The van der Waals surface area contributed by atoms with E-state index in [4.69, 9.17) is 5.11 Å². The summed E-state index contributed by atoms with van der Waals surface area (Å²) in [5.74, 6) is -1.05. The second-order valence-corrected chi connectivity index (χ2v) is 5.41. The first kappa shape index (κ1) is 17.2. The van der Waals surface area contributed by atoms with Gasteiger partial charge in [-0.3, -0.25) is 9.59 Å². The molecule has 1 atom stereocenters. The first-order valence-electron chi connectivity index (χ1n) is 6.60. The number of amides is 1. The predicted molar refractivity (Wildman–Crippen MR) is 80.7 cm³/mol. The van der Waals surface area contributed by atoms with Crippen LogP contribution in [0.15, 0.2) is 16.9 Å². The van der Waals surface area contributed by atoms with Crippen molar-refractivity contribution in [3.8, 4) is 0 Å². The predicted octanol–water partition coefficient (Wildman–Crippen LogP) is 0.589. The highest BCUT2D eigenvalue weighted by Gasteiger charge is 2.21. The lowest BCUT2D eigenvalue weighted by Crippen LogP contribution is -2.42. The zero-order chi connectivity index (χ0) is 15.8. The Morgan fingerprint density at radius 2 is 2.19 bits per heavy atom. The number of aromatic nitrogens is 2. The largest absolute Gasteiger partial charge is 0.480 e. The summed E-state index contributed by atoms with van der Waals surface area (Å²) < 4.78 is 1.20. The second kappa shape index (κ2) is 8.46. The molecule has 0 radical (unpaired) electrons. The van der Waals surface area contributed by atoms with Crippen molar-refractivity contribution in [1.82, 2.24) is 15.1 Å². The van der Waals surface area contributed by atoms with Crippen LogP contribution in [0.2, 0.25) is 0 Å². The van der Waals surface area contributed by atoms with E-state index in [2.05, 4.69) is 10.4 Å². The van der Waals surface area contributed by atoms with Gasteiger partial charge in [0.05, 0.1) is 0 Å². The summed E-state index contributed by atoms with van der Waals surface area (Å²) in [6.45, 7) is 2.30. The van der Waals surface area contributed by atoms with E-state index in [1.54, 1.807) is 0 Å². The van der Waals surface area contributed by atoms with Crippen molar-refractivity contribution in [1.29, 1.82) is 0 Å². The minimum absolute atomic E-state index is 0.0402. The van der Waals surface area contributed by atoms with Gasteiger partial charge in [-0.1, -0.05) is 6.92 Å². The summed E-state index contributed by atoms with van der Waals surface area (Å²) in [4.78, 5) is 34.7. The van der Waals surface area contributed by atoms with Crippen molar-refractivity contribution in [2.45, 2.75) is 32.4 Å². The van der Waals surface area contributed by atoms with Crippen LogP contribution in [-0.2, 0) is 11.3 Å². The molecule has 1 heterocycles. The molecule has 0 aromatic carbocycles. The molecule has 0 bridgehead atoms. The molecule has 0 aliphatic heterocycles. The fourth-order valence-corrected chi connectivity index (χ4v) is 2.14. The lowest BCUT2D eigenvalue weighted by molar-refractivity contribution is -0.139. The van der Waals surface area contributed by atoms with Gasteiger partial charge in [0.2, 0.25) is 0 Å². The molecule has 116 valence electrons. The van der Waals surface area contributed by atoms with Crippen molar-refractivity contribution in [2.24, 2.45) is 0 Å². The number of hydrogen-bond donors (Lipinski definition) is 2. The van der Waals surface area contributed by atoms with Gasteiger partial charge in [0.25, 0.3) is 11.5 Å². The number of hydrogen-bond acceptors (Lipinski definition) is 5. The van der Waals surface area contributed by atoms with Crippen LogP contribution in [0.5, 0.6) is 0 Å². The molecule has 0 saturated heterocycles. The molecule has 0 aliphatic carbocycles. The third-order valence-electron chi connectivity index (χ3n) is 2.75. The summed E-state index contributed by atoms with van der Waals surface area (Å²) in [5, 5.41) is 15.5. The maximum Gasteiger partial charge on any atom is 0.326 e. The maximum atomic E-state index is 12.0. The van der Waals surface area contributed by atoms with Crippen molar-refractivity contribution in [3.63, 3.8) is 0 Å². The van der Waals surface area contributed by atoms with Crippen LogP contribution in [0.3, 0.4) is 0 Å². The van der Waals surface area contributed by atoms with E-state index in [-0.39, 0.29) is 11.3 Å². The van der Waals surface area contributed by atoms with E-state index in [0.717, 1.165) is 0 Å². The zero-order valence-corrected chi connectivity index (χ0v) is 12.9. The molecule has 1 aromatic rings. The summed E-state index contributed by atoms with van der Waals surface area (Å²) >= 11 is 1.51. The standard InChI is InChI=1S/C13H19N3O4S/c1-3-7-16-11(17)5-4-9(15-16)12(18)14-10(13(19)20)6-8-21-2/h4-5,10H,3,6-8H2,1-2H3,(H,14,18)(H,19,20)/t10-/m1/s1. The molecule has 0 unspecified atom stereocenters. The molecule has 21 heavy (non-hydrogen) atoms. The van der Waals surface area contributed by atoms with E-state index in [1.807, 2.05) is 13.2 Å². The third-order valence-corrected chi connectivity index (χ3v) is 3.39. The van der Waals surface area contributed by atoms with E-state index >= 15 is 0 Å². The van der Waals surface area contributed by atoms with Crippen molar-refractivity contribution in [2.75, 3.05) is 12.0 Å². The first-order chi connectivity index (χ1) is 9.99. The van der Waals surface area contributed by atoms with Gasteiger partial charge in [-0.25, -0.2) is 9.48 Å². The van der Waals surface area contributed by atoms with Crippen LogP contribution in [0.1, 0.15) is 30.3 Å². The number of aliphatic carboxylic acids is 1. The first-order valence-corrected chi connectivity index (χ1v) is 7.99. The number of carbonyl (C=O) groups excluding carboxylic acids is 1. The molecule has 2 N–H and O–H groups in total. The van der Waals surface area contributed by atoms with E-state index < -0.39 is 17.9 Å². The molecular formula is C13H19N3O4S. The summed E-state index contributed by atoms with van der Waals surface area (Å²) in [5.41, 5.74) is -0.246. The number of thioether (sulfide) groups is 1. The lowest BCUT2D eigenvalue weighted by Gasteiger charge is -2.14. The summed E-state index contributed by atoms with van der Waals surface area (Å²) in [6, 6.07) is 1.60. The van der Waals surface area contributed by atoms with Crippen molar-refractivity contribution in [3.05, 3.63) is 28.2 Å². The highest BCUT2D eigenvalue weighted by molar-refractivity contribution is 7.98. The van der Waals surface area contributed by atoms with Gasteiger partial charge in [-0.15, -0.1) is 0 Å². The maximum absolute atomic E-state index is 12.0. The van der Waals surface area contributed by atoms with Crippen LogP contribution in [0, 0.1) is 0 Å². The minimum Gasteiger partial charge on any atom is -0.480 e. The Morgan fingerprint density at radius 1 is 1.48 bits per heavy atom. The Labute approximate surface area is 126 Å². The molecule has 8 heteroatoms.